The molecule has 0 aliphatic carbocycles. The van der Waals surface area contributed by atoms with Gasteiger partial charge in [-0.15, -0.1) is 0 Å². The van der Waals surface area contributed by atoms with Crippen LogP contribution in [0.15, 0.2) is 28.7 Å². The Labute approximate surface area is 132 Å². The van der Waals surface area contributed by atoms with Gasteiger partial charge in [0.1, 0.15) is 0 Å². The molecule has 1 fully saturated rings. The van der Waals surface area contributed by atoms with Crippen molar-refractivity contribution in [1.29, 1.82) is 0 Å². The molecule has 1 aliphatic rings. The van der Waals surface area contributed by atoms with Gasteiger partial charge in [0, 0.05) is 4.47 Å². The normalized spacial score (nSPS) is 23.8. The van der Waals surface area contributed by atoms with E-state index in [1.807, 2.05) is 12.1 Å². The molecular formula is C9H8BrKO3. The number of epoxide rings is 1. The van der Waals surface area contributed by atoms with Crippen LogP contribution in [0, 0.1) is 0 Å². The zero-order valence-electron chi connectivity index (χ0n) is 6.66. The standard InChI is InChI=1S/C9H7BrO3.K.H/c10-7-3-1-6(2-4-7)9(5-13-9)8(11)12;;/h1-4H,5H2,(H,11,12);;. The summed E-state index contributed by atoms with van der Waals surface area (Å²) in [5, 5.41) is 8.89. The molecule has 0 saturated carbocycles. The molecule has 70 valence electrons. The summed E-state index contributed by atoms with van der Waals surface area (Å²) < 4.78 is 5.90. The molecule has 5 heteroatoms. The number of hydrogen-bond acceptors (Lipinski definition) is 2. The summed E-state index contributed by atoms with van der Waals surface area (Å²) in [4.78, 5) is 10.8. The van der Waals surface area contributed by atoms with Crippen LogP contribution in [0.25, 0.3) is 0 Å². The molecule has 0 spiro atoms. The molecule has 1 heterocycles. The number of ether oxygens (including phenoxy) is 1. The first-order valence-corrected chi connectivity index (χ1v) is 4.58. The van der Waals surface area contributed by atoms with Gasteiger partial charge in [-0.3, -0.25) is 0 Å². The van der Waals surface area contributed by atoms with Crippen molar-refractivity contribution in [1.82, 2.24) is 0 Å². The van der Waals surface area contributed by atoms with Gasteiger partial charge in [-0.05, 0) is 17.7 Å². The van der Waals surface area contributed by atoms with Crippen LogP contribution in [0.2, 0.25) is 0 Å². The number of carboxylic acids is 1. The van der Waals surface area contributed by atoms with Crippen molar-refractivity contribution in [3.05, 3.63) is 34.3 Å². The molecule has 0 radical (unpaired) electrons. The zero-order valence-corrected chi connectivity index (χ0v) is 8.24. The van der Waals surface area contributed by atoms with Crippen molar-refractivity contribution in [3.63, 3.8) is 0 Å². The number of carbonyl (C=O) groups is 1. The van der Waals surface area contributed by atoms with Gasteiger partial charge < -0.3 is 9.84 Å². The quantitative estimate of drug-likeness (QED) is 0.653. The van der Waals surface area contributed by atoms with E-state index < -0.39 is 11.6 Å². The van der Waals surface area contributed by atoms with Gasteiger partial charge in [-0.1, -0.05) is 28.1 Å². The molecule has 1 unspecified atom stereocenters. The fourth-order valence-corrected chi connectivity index (χ4v) is 1.47. The molecule has 1 aromatic rings. The fourth-order valence-electron chi connectivity index (χ4n) is 1.20. The van der Waals surface area contributed by atoms with Gasteiger partial charge in [0.2, 0.25) is 5.60 Å². The van der Waals surface area contributed by atoms with E-state index in [9.17, 15) is 4.79 Å². The first kappa shape index (κ1) is 12.8. The molecule has 3 nitrogen and oxygen atoms in total. The van der Waals surface area contributed by atoms with E-state index in [4.69, 9.17) is 9.84 Å². The Morgan fingerprint density at radius 3 is 2.29 bits per heavy atom. The Balaban J connectivity index is 0.000000980. The van der Waals surface area contributed by atoms with Crippen molar-refractivity contribution < 1.29 is 14.6 Å². The van der Waals surface area contributed by atoms with Gasteiger partial charge in [0.15, 0.2) is 0 Å². The van der Waals surface area contributed by atoms with E-state index in [0.29, 0.717) is 5.56 Å². The molecule has 1 aromatic carbocycles. The summed E-state index contributed by atoms with van der Waals surface area (Å²) in [6.07, 6.45) is 0. The second-order valence-corrected chi connectivity index (χ2v) is 3.84. The van der Waals surface area contributed by atoms with Crippen molar-refractivity contribution in [2.24, 2.45) is 0 Å². The van der Waals surface area contributed by atoms with Crippen LogP contribution in [0.3, 0.4) is 0 Å². The first-order chi connectivity index (χ1) is 6.15. The average Bonchev–Trinajstić information content (AvgIpc) is 2.86. The number of halogens is 1. The Kier molecular flexibility index (Phi) is 4.34. The van der Waals surface area contributed by atoms with E-state index in [1.54, 1.807) is 12.1 Å². The first-order valence-electron chi connectivity index (χ1n) is 3.78. The van der Waals surface area contributed by atoms with Crippen LogP contribution in [0.5, 0.6) is 0 Å². The SMILES string of the molecule is O=C(O)C1(c2ccc(Br)cc2)CO1.[KH]. The summed E-state index contributed by atoms with van der Waals surface area (Å²) in [7, 11) is 0. The Hall–Kier alpha value is 0.766. The van der Waals surface area contributed by atoms with Crippen molar-refractivity contribution in [2.45, 2.75) is 5.60 Å². The summed E-state index contributed by atoms with van der Waals surface area (Å²) in [6.45, 7) is 0.268. The molecule has 1 saturated heterocycles. The number of benzene rings is 1. The number of hydrogen-bond donors (Lipinski definition) is 1. The van der Waals surface area contributed by atoms with Crippen LogP contribution in [0.4, 0.5) is 0 Å². The monoisotopic (exact) mass is 282 g/mol. The fraction of sp³-hybridized carbons (Fsp3) is 0.222. The molecule has 1 atom stereocenters. The summed E-state index contributed by atoms with van der Waals surface area (Å²) in [5.41, 5.74) is -0.371. The minimum absolute atomic E-state index is 0. The second kappa shape index (κ2) is 4.74. The Morgan fingerprint density at radius 2 is 1.93 bits per heavy atom. The third kappa shape index (κ3) is 2.29. The molecule has 0 amide bonds. The molecule has 1 aliphatic heterocycles. The summed E-state index contributed by atoms with van der Waals surface area (Å²) in [5.74, 6) is -0.921. The molecule has 14 heavy (non-hydrogen) atoms. The van der Waals surface area contributed by atoms with Crippen LogP contribution in [0.1, 0.15) is 5.56 Å². The van der Waals surface area contributed by atoms with Crippen LogP contribution >= 0.6 is 15.9 Å². The van der Waals surface area contributed by atoms with E-state index in [1.165, 1.54) is 0 Å². The molecule has 2 rings (SSSR count). The molecule has 1 N–H and O–H groups in total. The van der Waals surface area contributed by atoms with Gasteiger partial charge in [-0.25, -0.2) is 4.79 Å². The zero-order chi connectivity index (χ0) is 9.47. The maximum absolute atomic E-state index is 10.8. The second-order valence-electron chi connectivity index (χ2n) is 2.93. The topological polar surface area (TPSA) is 49.8 Å². The van der Waals surface area contributed by atoms with E-state index in [-0.39, 0.29) is 58.0 Å². The van der Waals surface area contributed by atoms with E-state index in [2.05, 4.69) is 15.9 Å². The van der Waals surface area contributed by atoms with Gasteiger partial charge in [0.05, 0.1) is 6.61 Å². The molecule has 0 bridgehead atoms. The molecule has 0 aromatic heterocycles. The van der Waals surface area contributed by atoms with Crippen molar-refractivity contribution in [2.75, 3.05) is 6.61 Å². The van der Waals surface area contributed by atoms with Crippen molar-refractivity contribution >= 4 is 73.3 Å². The predicted molar refractivity (Wildman–Crippen MR) is 56.6 cm³/mol. The summed E-state index contributed by atoms with van der Waals surface area (Å²) >= 11 is 3.28. The van der Waals surface area contributed by atoms with Gasteiger partial charge in [0.25, 0.3) is 0 Å². The number of rotatable bonds is 2. The van der Waals surface area contributed by atoms with Gasteiger partial charge >= 0.3 is 57.4 Å². The number of aliphatic carboxylic acids is 1. The third-order valence-electron chi connectivity index (χ3n) is 2.09. The Morgan fingerprint density at radius 1 is 1.43 bits per heavy atom. The van der Waals surface area contributed by atoms with Crippen LogP contribution in [-0.2, 0) is 15.1 Å². The average molecular weight is 283 g/mol. The van der Waals surface area contributed by atoms with Crippen molar-refractivity contribution in [3.8, 4) is 0 Å². The maximum atomic E-state index is 10.8. The van der Waals surface area contributed by atoms with Crippen LogP contribution < -0.4 is 0 Å². The third-order valence-corrected chi connectivity index (χ3v) is 2.62. The number of carboxylic acid groups (broad SMARTS) is 1. The summed E-state index contributed by atoms with van der Waals surface area (Å²) in [6, 6.07) is 7.12. The van der Waals surface area contributed by atoms with E-state index >= 15 is 0 Å². The Bertz CT molecular complexity index is 346. The molecular weight excluding hydrogens is 275 g/mol. The predicted octanol–water partition coefficient (Wildman–Crippen LogP) is 1.11. The van der Waals surface area contributed by atoms with Crippen LogP contribution in [-0.4, -0.2) is 69.1 Å². The van der Waals surface area contributed by atoms with E-state index in [0.717, 1.165) is 4.47 Å². The minimum atomic E-state index is -1.07. The van der Waals surface area contributed by atoms with Gasteiger partial charge in [-0.2, -0.15) is 0 Å².